The molecule has 1 aliphatic rings. The number of benzene rings is 2. The molecule has 1 aromatic heterocycles. The molecular formula is C23H29N3O2. The monoisotopic (exact) mass is 379 g/mol. The van der Waals surface area contributed by atoms with E-state index in [0.717, 1.165) is 58.3 Å². The Hall–Kier alpha value is -2.50. The number of aromatic amines is 1. The first-order valence-electron chi connectivity index (χ1n) is 10.2. The van der Waals surface area contributed by atoms with Gasteiger partial charge >= 0.3 is 0 Å². The fourth-order valence-corrected chi connectivity index (χ4v) is 3.65. The van der Waals surface area contributed by atoms with Crippen molar-refractivity contribution in [2.24, 2.45) is 0 Å². The summed E-state index contributed by atoms with van der Waals surface area (Å²) in [6.45, 7) is 9.40. The van der Waals surface area contributed by atoms with Crippen LogP contribution < -0.4 is 9.64 Å². The summed E-state index contributed by atoms with van der Waals surface area (Å²) >= 11 is 0. The third-order valence-electron chi connectivity index (χ3n) is 5.36. The Morgan fingerprint density at radius 2 is 1.89 bits per heavy atom. The molecule has 0 saturated carbocycles. The second-order valence-corrected chi connectivity index (χ2v) is 7.21. The number of anilines is 1. The molecule has 2 aromatic carbocycles. The molecule has 1 N–H and O–H groups in total. The largest absolute Gasteiger partial charge is 0.492 e. The SMILES string of the molecule is CCN(Cc1ccc(OCCN2CCOCC2)cc1)c1ccc2[nH]ccc2c1. The summed E-state index contributed by atoms with van der Waals surface area (Å²) in [6, 6.07) is 17.2. The van der Waals surface area contributed by atoms with Gasteiger partial charge in [-0.2, -0.15) is 0 Å². The molecule has 0 spiro atoms. The predicted molar refractivity (Wildman–Crippen MR) is 114 cm³/mol. The lowest BCUT2D eigenvalue weighted by atomic mass is 10.1. The van der Waals surface area contributed by atoms with Crippen LogP contribution in [0.25, 0.3) is 10.9 Å². The number of H-pyrrole nitrogens is 1. The summed E-state index contributed by atoms with van der Waals surface area (Å²) < 4.78 is 11.3. The third-order valence-corrected chi connectivity index (χ3v) is 5.36. The van der Waals surface area contributed by atoms with E-state index in [1.807, 2.05) is 6.20 Å². The summed E-state index contributed by atoms with van der Waals surface area (Å²) in [7, 11) is 0. The van der Waals surface area contributed by atoms with Gasteiger partial charge < -0.3 is 19.4 Å². The minimum Gasteiger partial charge on any atom is -0.492 e. The number of morpholine rings is 1. The molecule has 1 aliphatic heterocycles. The normalized spacial score (nSPS) is 15.0. The van der Waals surface area contributed by atoms with Crippen LogP contribution in [0, 0.1) is 0 Å². The Kier molecular flexibility index (Phi) is 6.14. The zero-order valence-electron chi connectivity index (χ0n) is 16.6. The summed E-state index contributed by atoms with van der Waals surface area (Å²) in [5.41, 5.74) is 3.72. The topological polar surface area (TPSA) is 40.7 Å². The fourth-order valence-electron chi connectivity index (χ4n) is 3.65. The highest BCUT2D eigenvalue weighted by Gasteiger charge is 2.10. The molecule has 0 unspecified atom stereocenters. The molecule has 0 atom stereocenters. The second-order valence-electron chi connectivity index (χ2n) is 7.21. The average Bonchev–Trinajstić information content (AvgIpc) is 3.22. The molecule has 1 saturated heterocycles. The summed E-state index contributed by atoms with van der Waals surface area (Å²) in [5, 5.41) is 1.25. The lowest BCUT2D eigenvalue weighted by molar-refractivity contribution is 0.0322. The smallest absolute Gasteiger partial charge is 0.119 e. The van der Waals surface area contributed by atoms with Crippen LogP contribution >= 0.6 is 0 Å². The molecule has 28 heavy (non-hydrogen) atoms. The van der Waals surface area contributed by atoms with Crippen molar-refractivity contribution >= 4 is 16.6 Å². The van der Waals surface area contributed by atoms with E-state index in [0.29, 0.717) is 0 Å². The molecule has 1 fully saturated rings. The predicted octanol–water partition coefficient (Wildman–Crippen LogP) is 3.91. The molecule has 0 amide bonds. The molecule has 3 aromatic rings. The first-order chi connectivity index (χ1) is 13.8. The number of fused-ring (bicyclic) bond motifs is 1. The van der Waals surface area contributed by atoms with Crippen LogP contribution in [0.1, 0.15) is 12.5 Å². The van der Waals surface area contributed by atoms with Crippen LogP contribution in [0.4, 0.5) is 5.69 Å². The molecule has 148 valence electrons. The minimum atomic E-state index is 0.719. The standard InChI is InChI=1S/C23H29N3O2/c1-2-26(21-5-8-23-20(17-21)9-10-24-23)18-19-3-6-22(7-4-19)28-16-13-25-11-14-27-15-12-25/h3-10,17,24H,2,11-16,18H2,1H3. The van der Waals surface area contributed by atoms with Gasteiger partial charge in [-0.05, 0) is 48.9 Å². The quantitative estimate of drug-likeness (QED) is 0.644. The summed E-state index contributed by atoms with van der Waals surface area (Å²) in [4.78, 5) is 8.03. The number of rotatable bonds is 8. The van der Waals surface area contributed by atoms with Gasteiger partial charge in [0.05, 0.1) is 13.2 Å². The fraction of sp³-hybridized carbons (Fsp3) is 0.391. The van der Waals surface area contributed by atoms with Gasteiger partial charge in [0.25, 0.3) is 0 Å². The molecule has 5 heteroatoms. The molecule has 0 radical (unpaired) electrons. The first kappa shape index (κ1) is 18.8. The van der Waals surface area contributed by atoms with Gasteiger partial charge in [-0.25, -0.2) is 0 Å². The van der Waals surface area contributed by atoms with Gasteiger partial charge in [-0.3, -0.25) is 4.90 Å². The van der Waals surface area contributed by atoms with Crippen LogP contribution in [-0.4, -0.2) is 55.9 Å². The van der Waals surface area contributed by atoms with Gasteiger partial charge in [0.2, 0.25) is 0 Å². The van der Waals surface area contributed by atoms with E-state index in [9.17, 15) is 0 Å². The molecular weight excluding hydrogens is 350 g/mol. The molecule has 5 nitrogen and oxygen atoms in total. The third kappa shape index (κ3) is 4.66. The van der Waals surface area contributed by atoms with Gasteiger partial charge in [0.1, 0.15) is 12.4 Å². The Morgan fingerprint density at radius 3 is 2.68 bits per heavy atom. The minimum absolute atomic E-state index is 0.719. The van der Waals surface area contributed by atoms with Gasteiger partial charge in [0.15, 0.2) is 0 Å². The average molecular weight is 380 g/mol. The maximum Gasteiger partial charge on any atom is 0.119 e. The van der Waals surface area contributed by atoms with E-state index < -0.39 is 0 Å². The number of hydrogen-bond acceptors (Lipinski definition) is 4. The number of nitrogens with zero attached hydrogens (tertiary/aromatic N) is 2. The van der Waals surface area contributed by atoms with E-state index in [2.05, 4.69) is 70.2 Å². The van der Waals surface area contributed by atoms with Crippen molar-refractivity contribution in [2.45, 2.75) is 13.5 Å². The Bertz CT molecular complexity index is 869. The van der Waals surface area contributed by atoms with Gasteiger partial charge in [-0.15, -0.1) is 0 Å². The lowest BCUT2D eigenvalue weighted by Gasteiger charge is -2.26. The van der Waals surface area contributed by atoms with E-state index in [1.165, 1.54) is 22.2 Å². The number of ether oxygens (including phenoxy) is 2. The van der Waals surface area contributed by atoms with Gasteiger partial charge in [0, 0.05) is 55.5 Å². The van der Waals surface area contributed by atoms with E-state index >= 15 is 0 Å². The number of aromatic nitrogens is 1. The second kappa shape index (κ2) is 9.13. The highest BCUT2D eigenvalue weighted by molar-refractivity contribution is 5.83. The number of hydrogen-bond donors (Lipinski definition) is 1. The summed E-state index contributed by atoms with van der Waals surface area (Å²) in [6.07, 6.45) is 1.99. The lowest BCUT2D eigenvalue weighted by Crippen LogP contribution is -2.38. The molecule has 0 aliphatic carbocycles. The van der Waals surface area contributed by atoms with Crippen molar-refractivity contribution in [3.05, 3.63) is 60.3 Å². The number of nitrogens with one attached hydrogen (secondary N) is 1. The maximum atomic E-state index is 5.92. The zero-order valence-corrected chi connectivity index (χ0v) is 16.6. The van der Waals surface area contributed by atoms with Crippen molar-refractivity contribution in [1.29, 1.82) is 0 Å². The van der Waals surface area contributed by atoms with E-state index in [4.69, 9.17) is 9.47 Å². The Morgan fingerprint density at radius 1 is 1.07 bits per heavy atom. The van der Waals surface area contributed by atoms with Gasteiger partial charge in [-0.1, -0.05) is 12.1 Å². The van der Waals surface area contributed by atoms with Crippen molar-refractivity contribution in [3.63, 3.8) is 0 Å². The van der Waals surface area contributed by atoms with Crippen molar-refractivity contribution in [2.75, 3.05) is 50.9 Å². The van der Waals surface area contributed by atoms with E-state index in [-0.39, 0.29) is 0 Å². The van der Waals surface area contributed by atoms with Crippen molar-refractivity contribution < 1.29 is 9.47 Å². The Labute approximate surface area is 166 Å². The van der Waals surface area contributed by atoms with Crippen molar-refractivity contribution in [1.82, 2.24) is 9.88 Å². The van der Waals surface area contributed by atoms with Crippen molar-refractivity contribution in [3.8, 4) is 5.75 Å². The van der Waals surface area contributed by atoms with Crippen LogP contribution in [0.15, 0.2) is 54.7 Å². The van der Waals surface area contributed by atoms with E-state index in [1.54, 1.807) is 0 Å². The highest BCUT2D eigenvalue weighted by atomic mass is 16.5. The van der Waals surface area contributed by atoms with Crippen LogP contribution in [0.2, 0.25) is 0 Å². The van der Waals surface area contributed by atoms with Crippen LogP contribution in [0.3, 0.4) is 0 Å². The van der Waals surface area contributed by atoms with Crippen LogP contribution in [-0.2, 0) is 11.3 Å². The first-order valence-corrected chi connectivity index (χ1v) is 10.2. The molecule has 2 heterocycles. The molecule has 4 rings (SSSR count). The highest BCUT2D eigenvalue weighted by Crippen LogP contribution is 2.23. The van der Waals surface area contributed by atoms with Crippen LogP contribution in [0.5, 0.6) is 5.75 Å². The molecule has 0 bridgehead atoms. The Balaban J connectivity index is 1.32. The maximum absolute atomic E-state index is 5.92. The summed E-state index contributed by atoms with van der Waals surface area (Å²) in [5.74, 6) is 0.939. The zero-order chi connectivity index (χ0) is 19.2.